The molecule has 0 aliphatic carbocycles. The number of hydrogen-bond donors (Lipinski definition) is 2. The molecule has 0 bridgehead atoms. The molecule has 7 heteroatoms. The molecule has 0 spiro atoms. The van der Waals surface area contributed by atoms with Gasteiger partial charge < -0.3 is 24.8 Å². The van der Waals surface area contributed by atoms with Crippen LogP contribution in [-0.4, -0.2) is 44.4 Å². The van der Waals surface area contributed by atoms with Gasteiger partial charge in [-0.3, -0.25) is 4.79 Å². The van der Waals surface area contributed by atoms with Crippen LogP contribution in [0.5, 0.6) is 11.5 Å². The van der Waals surface area contributed by atoms with Crippen molar-refractivity contribution in [1.29, 1.82) is 0 Å². The van der Waals surface area contributed by atoms with E-state index in [-0.39, 0.29) is 24.2 Å². The molecule has 0 heterocycles. The van der Waals surface area contributed by atoms with Crippen LogP contribution in [0, 0.1) is 0 Å². The summed E-state index contributed by atoms with van der Waals surface area (Å²) in [6, 6.07) is 3.51. The molecule has 0 saturated heterocycles. The molecule has 1 aromatic rings. The van der Waals surface area contributed by atoms with Gasteiger partial charge in [-0.15, -0.1) is 0 Å². The van der Waals surface area contributed by atoms with Crippen LogP contribution >= 0.6 is 11.6 Å². The Morgan fingerprint density at radius 1 is 1.22 bits per heavy atom. The van der Waals surface area contributed by atoms with Crippen molar-refractivity contribution in [3.8, 4) is 11.5 Å². The Hall–Kier alpha value is -1.50. The van der Waals surface area contributed by atoms with Gasteiger partial charge in [-0.1, -0.05) is 11.6 Å². The van der Waals surface area contributed by atoms with Crippen LogP contribution in [0.4, 0.5) is 0 Å². The molecule has 0 atom stereocenters. The van der Waals surface area contributed by atoms with Crippen molar-refractivity contribution in [3.05, 3.63) is 22.7 Å². The third-order valence-electron chi connectivity index (χ3n) is 3.47. The highest BCUT2D eigenvalue weighted by Crippen LogP contribution is 2.33. The third kappa shape index (κ3) is 9.84. The smallest absolute Gasteiger partial charge is 0.258 e. The first kappa shape index (κ1) is 23.5. The Balaban J connectivity index is 2.58. The van der Waals surface area contributed by atoms with E-state index in [4.69, 9.17) is 25.8 Å². The first-order valence-electron chi connectivity index (χ1n) is 9.25. The second-order valence-corrected chi connectivity index (χ2v) is 8.04. The summed E-state index contributed by atoms with van der Waals surface area (Å²) in [6.45, 7) is 11.9. The van der Waals surface area contributed by atoms with E-state index in [2.05, 4.69) is 10.6 Å². The van der Waals surface area contributed by atoms with Crippen molar-refractivity contribution in [3.63, 3.8) is 0 Å². The highest BCUT2D eigenvalue weighted by molar-refractivity contribution is 6.31. The molecule has 1 amide bonds. The lowest BCUT2D eigenvalue weighted by Crippen LogP contribution is -2.43. The predicted octanol–water partition coefficient (Wildman–Crippen LogP) is 3.55. The first-order chi connectivity index (χ1) is 12.6. The molecule has 0 fully saturated rings. The summed E-state index contributed by atoms with van der Waals surface area (Å²) < 4.78 is 16.5. The van der Waals surface area contributed by atoms with E-state index >= 15 is 0 Å². The second kappa shape index (κ2) is 11.4. The Bertz CT molecular complexity index is 600. The molecule has 0 saturated carbocycles. The quantitative estimate of drug-likeness (QED) is 0.556. The monoisotopic (exact) mass is 400 g/mol. The minimum absolute atomic E-state index is 0.0998. The molecule has 6 nitrogen and oxygen atoms in total. The highest BCUT2D eigenvalue weighted by atomic mass is 35.5. The Morgan fingerprint density at radius 2 is 1.93 bits per heavy atom. The summed E-state index contributed by atoms with van der Waals surface area (Å²) in [5.41, 5.74) is 0.600. The largest absolute Gasteiger partial charge is 0.493 e. The summed E-state index contributed by atoms with van der Waals surface area (Å²) in [6.07, 6.45) is 1.18. The summed E-state index contributed by atoms with van der Waals surface area (Å²) in [7, 11) is 1.56. The lowest BCUT2D eigenvalue weighted by atomic mass is 10.1. The van der Waals surface area contributed by atoms with Gasteiger partial charge in [-0.05, 0) is 59.2 Å². The lowest BCUT2D eigenvalue weighted by molar-refractivity contribution is -0.124. The van der Waals surface area contributed by atoms with E-state index in [1.165, 1.54) is 0 Å². The fraction of sp³-hybridized carbons (Fsp3) is 0.650. The van der Waals surface area contributed by atoms with Crippen molar-refractivity contribution in [2.75, 3.05) is 26.9 Å². The summed E-state index contributed by atoms with van der Waals surface area (Å²) >= 11 is 6.36. The van der Waals surface area contributed by atoms with E-state index in [0.717, 1.165) is 25.1 Å². The molecule has 0 radical (unpaired) electrons. The van der Waals surface area contributed by atoms with Crippen molar-refractivity contribution >= 4 is 17.5 Å². The lowest BCUT2D eigenvalue weighted by Gasteiger charge is -2.21. The van der Waals surface area contributed by atoms with Gasteiger partial charge in [0, 0.05) is 29.8 Å². The number of hydrogen-bond acceptors (Lipinski definition) is 5. The molecular formula is C20H33ClN2O4. The SMILES string of the molecule is COc1cc(CNCCCOC(C)C)c(Cl)cc1OCC(=O)NC(C)(C)C. The summed E-state index contributed by atoms with van der Waals surface area (Å²) in [5.74, 6) is 0.790. The average Bonchev–Trinajstić information content (AvgIpc) is 2.55. The van der Waals surface area contributed by atoms with Crippen molar-refractivity contribution in [2.45, 2.75) is 59.2 Å². The van der Waals surface area contributed by atoms with E-state index in [1.807, 2.05) is 40.7 Å². The molecule has 2 N–H and O–H groups in total. The first-order valence-corrected chi connectivity index (χ1v) is 9.62. The van der Waals surface area contributed by atoms with E-state index < -0.39 is 0 Å². The third-order valence-corrected chi connectivity index (χ3v) is 3.82. The van der Waals surface area contributed by atoms with Crippen LogP contribution in [0.2, 0.25) is 5.02 Å². The Labute approximate surface area is 167 Å². The number of carbonyl (C=O) groups is 1. The molecule has 1 rings (SSSR count). The maximum atomic E-state index is 11.9. The van der Waals surface area contributed by atoms with E-state index in [1.54, 1.807) is 13.2 Å². The summed E-state index contributed by atoms with van der Waals surface area (Å²) in [4.78, 5) is 11.9. The standard InChI is InChI=1S/C20H33ClN2O4/c1-14(2)26-9-7-8-22-12-15-10-17(25-6)18(11-16(15)21)27-13-19(24)23-20(3,4)5/h10-11,14,22H,7-9,12-13H2,1-6H3,(H,23,24). The van der Waals surface area contributed by atoms with Crippen molar-refractivity contribution < 1.29 is 19.0 Å². The van der Waals surface area contributed by atoms with Crippen LogP contribution in [0.1, 0.15) is 46.6 Å². The molecular weight excluding hydrogens is 368 g/mol. The number of ether oxygens (including phenoxy) is 3. The van der Waals surface area contributed by atoms with Gasteiger partial charge in [0.25, 0.3) is 5.91 Å². The minimum atomic E-state index is -0.308. The molecule has 27 heavy (non-hydrogen) atoms. The Morgan fingerprint density at radius 3 is 2.52 bits per heavy atom. The molecule has 0 aliphatic heterocycles. The Kier molecular flexibility index (Phi) is 9.91. The zero-order chi connectivity index (χ0) is 20.4. The molecule has 0 aromatic heterocycles. The molecule has 1 aromatic carbocycles. The van der Waals surface area contributed by atoms with Crippen LogP contribution in [0.15, 0.2) is 12.1 Å². The van der Waals surface area contributed by atoms with Gasteiger partial charge in [0.15, 0.2) is 18.1 Å². The fourth-order valence-corrected chi connectivity index (χ4v) is 2.54. The van der Waals surface area contributed by atoms with Gasteiger partial charge in [-0.25, -0.2) is 0 Å². The molecule has 0 aliphatic rings. The molecule has 0 unspecified atom stereocenters. The number of benzene rings is 1. The minimum Gasteiger partial charge on any atom is -0.493 e. The van der Waals surface area contributed by atoms with Crippen molar-refractivity contribution in [1.82, 2.24) is 10.6 Å². The number of rotatable bonds is 11. The topological polar surface area (TPSA) is 68.8 Å². The molecule has 154 valence electrons. The van der Waals surface area contributed by atoms with Crippen LogP contribution in [0.25, 0.3) is 0 Å². The van der Waals surface area contributed by atoms with Crippen LogP contribution in [0.3, 0.4) is 0 Å². The van der Waals surface area contributed by atoms with Gasteiger partial charge >= 0.3 is 0 Å². The number of carbonyl (C=O) groups excluding carboxylic acids is 1. The van der Waals surface area contributed by atoms with Gasteiger partial charge in [-0.2, -0.15) is 0 Å². The van der Waals surface area contributed by atoms with Crippen LogP contribution < -0.4 is 20.1 Å². The highest BCUT2D eigenvalue weighted by Gasteiger charge is 2.16. The maximum absolute atomic E-state index is 11.9. The summed E-state index contributed by atoms with van der Waals surface area (Å²) in [5, 5.41) is 6.75. The van der Waals surface area contributed by atoms with Crippen LogP contribution in [-0.2, 0) is 16.1 Å². The fourth-order valence-electron chi connectivity index (χ4n) is 2.32. The number of nitrogens with one attached hydrogen (secondary N) is 2. The number of amides is 1. The predicted molar refractivity (Wildman–Crippen MR) is 109 cm³/mol. The maximum Gasteiger partial charge on any atom is 0.258 e. The zero-order valence-corrected chi connectivity index (χ0v) is 18.0. The van der Waals surface area contributed by atoms with E-state index in [9.17, 15) is 4.79 Å². The van der Waals surface area contributed by atoms with Gasteiger partial charge in [0.2, 0.25) is 0 Å². The number of halogens is 1. The number of methoxy groups -OCH3 is 1. The zero-order valence-electron chi connectivity index (χ0n) is 17.3. The average molecular weight is 401 g/mol. The van der Waals surface area contributed by atoms with Crippen molar-refractivity contribution in [2.24, 2.45) is 0 Å². The second-order valence-electron chi connectivity index (χ2n) is 7.63. The van der Waals surface area contributed by atoms with Gasteiger partial charge in [0.05, 0.1) is 13.2 Å². The normalized spacial score (nSPS) is 11.6. The van der Waals surface area contributed by atoms with E-state index in [0.29, 0.717) is 23.1 Å². The van der Waals surface area contributed by atoms with Gasteiger partial charge in [0.1, 0.15) is 0 Å².